The zero-order valence-corrected chi connectivity index (χ0v) is 13.4. The van der Waals surface area contributed by atoms with Gasteiger partial charge in [-0.05, 0) is 51.0 Å². The Bertz CT molecular complexity index is 555. The second-order valence-electron chi connectivity index (χ2n) is 5.41. The van der Waals surface area contributed by atoms with Crippen LogP contribution in [0.15, 0.2) is 18.2 Å². The predicted octanol–water partition coefficient (Wildman–Crippen LogP) is 3.09. The second-order valence-corrected chi connectivity index (χ2v) is 5.84. The van der Waals surface area contributed by atoms with Crippen LogP contribution in [0.5, 0.6) is 0 Å². The number of rotatable bonds is 5. The van der Waals surface area contributed by atoms with Crippen molar-refractivity contribution in [1.29, 1.82) is 0 Å². The van der Waals surface area contributed by atoms with Crippen LogP contribution in [0, 0.1) is 18.8 Å². The lowest BCUT2D eigenvalue weighted by Crippen LogP contribution is -2.33. The van der Waals surface area contributed by atoms with Gasteiger partial charge in [-0.25, -0.2) is 0 Å². The van der Waals surface area contributed by atoms with Gasteiger partial charge in [-0.3, -0.25) is 9.59 Å². The number of carbonyl (C=O) groups is 2. The van der Waals surface area contributed by atoms with Gasteiger partial charge in [0.15, 0.2) is 0 Å². The molecule has 0 heterocycles. The first-order valence-electron chi connectivity index (χ1n) is 7.33. The molecule has 4 nitrogen and oxygen atoms in total. The van der Waals surface area contributed by atoms with E-state index < -0.39 is 0 Å². The Hall–Kier alpha value is -1.55. The number of halogens is 1. The van der Waals surface area contributed by atoms with Crippen LogP contribution in [0.3, 0.4) is 0 Å². The number of amides is 2. The molecule has 21 heavy (non-hydrogen) atoms. The fourth-order valence-corrected chi connectivity index (χ4v) is 2.75. The van der Waals surface area contributed by atoms with Gasteiger partial charge in [0.2, 0.25) is 11.8 Å². The Morgan fingerprint density at radius 3 is 2.52 bits per heavy atom. The summed E-state index contributed by atoms with van der Waals surface area (Å²) in [5, 5.41) is 3.54. The van der Waals surface area contributed by atoms with Gasteiger partial charge in [0.25, 0.3) is 0 Å². The molecule has 2 atom stereocenters. The van der Waals surface area contributed by atoms with Gasteiger partial charge in [0.1, 0.15) is 0 Å². The molecule has 2 rings (SSSR count). The molecule has 1 aromatic rings. The highest BCUT2D eigenvalue weighted by atomic mass is 35.5. The van der Waals surface area contributed by atoms with E-state index in [-0.39, 0.29) is 23.7 Å². The molecule has 1 aromatic carbocycles. The van der Waals surface area contributed by atoms with Crippen LogP contribution in [0.1, 0.15) is 25.8 Å². The topological polar surface area (TPSA) is 49.4 Å². The van der Waals surface area contributed by atoms with Crippen LogP contribution in [-0.2, 0) is 9.59 Å². The third-order valence-corrected chi connectivity index (χ3v) is 4.20. The van der Waals surface area contributed by atoms with Crippen molar-refractivity contribution < 1.29 is 9.59 Å². The zero-order valence-electron chi connectivity index (χ0n) is 12.6. The summed E-state index contributed by atoms with van der Waals surface area (Å²) in [5.74, 6) is -0.343. The average molecular weight is 309 g/mol. The molecule has 0 saturated heterocycles. The van der Waals surface area contributed by atoms with Crippen molar-refractivity contribution >= 4 is 29.1 Å². The maximum Gasteiger partial charge on any atom is 0.228 e. The van der Waals surface area contributed by atoms with Crippen molar-refractivity contribution in [3.63, 3.8) is 0 Å². The fourth-order valence-electron chi connectivity index (χ4n) is 2.52. The Morgan fingerprint density at radius 2 is 1.95 bits per heavy atom. The first-order chi connectivity index (χ1) is 9.97. The minimum atomic E-state index is -0.201. The SMILES string of the molecule is CCN(CC)C(=O)C1CC1C(=O)Nc1ccc(Cl)cc1C. The summed E-state index contributed by atoms with van der Waals surface area (Å²) in [6.45, 7) is 7.19. The number of anilines is 1. The molecule has 1 fully saturated rings. The van der Waals surface area contributed by atoms with Crippen molar-refractivity contribution in [2.45, 2.75) is 27.2 Å². The Morgan fingerprint density at radius 1 is 1.29 bits per heavy atom. The number of aryl methyl sites for hydroxylation is 1. The van der Waals surface area contributed by atoms with Crippen molar-refractivity contribution in [3.05, 3.63) is 28.8 Å². The van der Waals surface area contributed by atoms with Gasteiger partial charge < -0.3 is 10.2 Å². The quantitative estimate of drug-likeness (QED) is 0.908. The van der Waals surface area contributed by atoms with Gasteiger partial charge in [-0.1, -0.05) is 11.6 Å². The maximum atomic E-state index is 12.2. The van der Waals surface area contributed by atoms with E-state index in [1.165, 1.54) is 0 Å². The van der Waals surface area contributed by atoms with Crippen molar-refractivity contribution in [3.8, 4) is 0 Å². The molecule has 0 bridgehead atoms. The number of hydrogen-bond donors (Lipinski definition) is 1. The summed E-state index contributed by atoms with van der Waals surface area (Å²) in [4.78, 5) is 26.2. The summed E-state index contributed by atoms with van der Waals surface area (Å²) < 4.78 is 0. The van der Waals surface area contributed by atoms with Gasteiger partial charge in [-0.2, -0.15) is 0 Å². The first kappa shape index (κ1) is 15.8. The van der Waals surface area contributed by atoms with Gasteiger partial charge >= 0.3 is 0 Å². The second kappa shape index (κ2) is 6.48. The molecule has 1 aliphatic carbocycles. The van der Waals surface area contributed by atoms with E-state index in [0.717, 1.165) is 11.3 Å². The van der Waals surface area contributed by atoms with E-state index in [4.69, 9.17) is 11.6 Å². The predicted molar refractivity (Wildman–Crippen MR) is 84.3 cm³/mol. The Kier molecular flexibility index (Phi) is 4.88. The zero-order chi connectivity index (χ0) is 15.6. The summed E-state index contributed by atoms with van der Waals surface area (Å²) in [7, 11) is 0. The number of benzene rings is 1. The van der Waals surface area contributed by atoms with E-state index in [0.29, 0.717) is 24.5 Å². The van der Waals surface area contributed by atoms with E-state index in [2.05, 4.69) is 5.32 Å². The Balaban J connectivity index is 1.96. The molecule has 2 amide bonds. The minimum Gasteiger partial charge on any atom is -0.343 e. The third-order valence-electron chi connectivity index (χ3n) is 3.97. The molecule has 2 unspecified atom stereocenters. The molecular weight excluding hydrogens is 288 g/mol. The number of nitrogens with zero attached hydrogens (tertiary/aromatic N) is 1. The van der Waals surface area contributed by atoms with Gasteiger partial charge in [-0.15, -0.1) is 0 Å². The van der Waals surface area contributed by atoms with Crippen LogP contribution in [0.2, 0.25) is 5.02 Å². The van der Waals surface area contributed by atoms with E-state index >= 15 is 0 Å². The summed E-state index contributed by atoms with van der Waals surface area (Å²) in [5.41, 5.74) is 1.67. The Labute approximate surface area is 130 Å². The van der Waals surface area contributed by atoms with E-state index in [9.17, 15) is 9.59 Å². The minimum absolute atomic E-state index is 0.0778. The fraction of sp³-hybridized carbons (Fsp3) is 0.500. The third kappa shape index (κ3) is 3.56. The number of nitrogens with one attached hydrogen (secondary N) is 1. The van der Waals surface area contributed by atoms with Crippen molar-refractivity contribution in [2.24, 2.45) is 11.8 Å². The van der Waals surface area contributed by atoms with Gasteiger partial charge in [0, 0.05) is 23.8 Å². The number of carbonyl (C=O) groups excluding carboxylic acids is 2. The molecule has 114 valence electrons. The summed E-state index contributed by atoms with van der Waals surface area (Å²) >= 11 is 5.90. The molecule has 5 heteroatoms. The summed E-state index contributed by atoms with van der Waals surface area (Å²) in [6, 6.07) is 5.34. The average Bonchev–Trinajstić information content (AvgIpc) is 3.23. The lowest BCUT2D eigenvalue weighted by Gasteiger charge is -2.18. The number of hydrogen-bond acceptors (Lipinski definition) is 2. The molecule has 0 aromatic heterocycles. The van der Waals surface area contributed by atoms with Crippen LogP contribution in [-0.4, -0.2) is 29.8 Å². The molecular formula is C16H21ClN2O2. The molecule has 0 spiro atoms. The lowest BCUT2D eigenvalue weighted by atomic mass is 10.2. The van der Waals surface area contributed by atoms with Crippen LogP contribution >= 0.6 is 11.6 Å². The summed E-state index contributed by atoms with van der Waals surface area (Å²) in [6.07, 6.45) is 0.647. The van der Waals surface area contributed by atoms with Crippen molar-refractivity contribution in [2.75, 3.05) is 18.4 Å². The van der Waals surface area contributed by atoms with Crippen molar-refractivity contribution in [1.82, 2.24) is 4.90 Å². The highest BCUT2D eigenvalue weighted by molar-refractivity contribution is 6.30. The van der Waals surface area contributed by atoms with Crippen LogP contribution in [0.4, 0.5) is 5.69 Å². The standard InChI is InChI=1S/C16H21ClN2O2/c1-4-19(5-2)16(21)13-9-12(13)15(20)18-14-7-6-11(17)8-10(14)3/h6-8,12-13H,4-5,9H2,1-3H3,(H,18,20). The molecule has 1 aliphatic rings. The molecule has 1 N–H and O–H groups in total. The molecule has 0 radical (unpaired) electrons. The smallest absolute Gasteiger partial charge is 0.228 e. The normalized spacial score (nSPS) is 20.0. The first-order valence-corrected chi connectivity index (χ1v) is 7.71. The van der Waals surface area contributed by atoms with E-state index in [1.807, 2.05) is 26.8 Å². The van der Waals surface area contributed by atoms with Crippen LogP contribution < -0.4 is 5.32 Å². The van der Waals surface area contributed by atoms with Gasteiger partial charge in [0.05, 0.1) is 11.8 Å². The van der Waals surface area contributed by atoms with Crippen LogP contribution in [0.25, 0.3) is 0 Å². The monoisotopic (exact) mass is 308 g/mol. The van der Waals surface area contributed by atoms with E-state index in [1.54, 1.807) is 17.0 Å². The lowest BCUT2D eigenvalue weighted by molar-refractivity contribution is -0.133. The highest BCUT2D eigenvalue weighted by Crippen LogP contribution is 2.41. The largest absolute Gasteiger partial charge is 0.343 e. The maximum absolute atomic E-state index is 12.2. The highest BCUT2D eigenvalue weighted by Gasteiger charge is 2.49. The molecule has 1 saturated carbocycles. The molecule has 0 aliphatic heterocycles.